The maximum Gasteiger partial charge on any atom is 0.133 e. The van der Waals surface area contributed by atoms with E-state index < -0.39 is 0 Å². The fraction of sp³-hybridized carbons (Fsp3) is 0.235. The molecule has 0 aliphatic carbocycles. The van der Waals surface area contributed by atoms with Crippen LogP contribution in [0.25, 0.3) is 11.1 Å². The van der Waals surface area contributed by atoms with Gasteiger partial charge < -0.3 is 9.47 Å². The van der Waals surface area contributed by atoms with E-state index in [0.717, 1.165) is 28.2 Å². The van der Waals surface area contributed by atoms with Crippen LogP contribution in [0.4, 0.5) is 0 Å². The van der Waals surface area contributed by atoms with E-state index in [2.05, 4.69) is 19.1 Å². The molecule has 0 saturated carbocycles. The molecule has 2 nitrogen and oxygen atoms in total. The van der Waals surface area contributed by atoms with Gasteiger partial charge in [-0.15, -0.1) is 0 Å². The Labute approximate surface area is 115 Å². The van der Waals surface area contributed by atoms with Crippen LogP contribution in [0.2, 0.25) is 0 Å². The summed E-state index contributed by atoms with van der Waals surface area (Å²) in [5.74, 6) is 1.59. The predicted octanol–water partition coefficient (Wildman–Crippen LogP) is 4.33. The van der Waals surface area contributed by atoms with E-state index in [1.807, 2.05) is 44.2 Å². The van der Waals surface area contributed by atoms with Gasteiger partial charge in [0.2, 0.25) is 0 Å². The molecule has 0 fully saturated rings. The molecule has 0 bridgehead atoms. The average molecular weight is 255 g/mol. The Kier molecular flexibility index (Phi) is 4.45. The van der Waals surface area contributed by atoms with Gasteiger partial charge >= 0.3 is 0 Å². The molecule has 2 heteroatoms. The molecule has 0 aliphatic heterocycles. The van der Waals surface area contributed by atoms with Gasteiger partial charge in [0.15, 0.2) is 0 Å². The van der Waals surface area contributed by atoms with Gasteiger partial charge in [0.25, 0.3) is 0 Å². The third-order valence-electron chi connectivity index (χ3n) is 2.89. The minimum Gasteiger partial charge on any atom is -0.493 e. The lowest BCUT2D eigenvalue weighted by molar-refractivity contribution is 0.321. The Morgan fingerprint density at radius 1 is 0.895 bits per heavy atom. The zero-order valence-electron chi connectivity index (χ0n) is 11.5. The zero-order valence-corrected chi connectivity index (χ0v) is 11.5. The van der Waals surface area contributed by atoms with Crippen LogP contribution >= 0.6 is 0 Å². The molecule has 2 rings (SSSR count). The van der Waals surface area contributed by atoms with Gasteiger partial charge in [-0.05, 0) is 38.5 Å². The Morgan fingerprint density at radius 2 is 1.58 bits per heavy atom. The summed E-state index contributed by atoms with van der Waals surface area (Å²) < 4.78 is 11.3. The van der Waals surface area contributed by atoms with Crippen LogP contribution in [0.5, 0.6) is 11.5 Å². The van der Waals surface area contributed by atoms with Crippen LogP contribution in [0.15, 0.2) is 42.5 Å². The number of hydrogen-bond donors (Lipinski definition) is 0. The highest BCUT2D eigenvalue weighted by atomic mass is 16.5. The topological polar surface area (TPSA) is 18.5 Å². The summed E-state index contributed by atoms with van der Waals surface area (Å²) in [5.41, 5.74) is 2.99. The van der Waals surface area contributed by atoms with Crippen LogP contribution < -0.4 is 9.47 Å². The van der Waals surface area contributed by atoms with Crippen LogP contribution in [0, 0.1) is 6.92 Å². The van der Waals surface area contributed by atoms with Gasteiger partial charge in [0.1, 0.15) is 11.5 Å². The van der Waals surface area contributed by atoms with Crippen molar-refractivity contribution in [2.24, 2.45) is 0 Å². The molecule has 2 aromatic rings. The lowest BCUT2D eigenvalue weighted by Gasteiger charge is -2.16. The Balaban J connectivity index is 2.52. The van der Waals surface area contributed by atoms with Crippen molar-refractivity contribution in [3.8, 4) is 22.6 Å². The third kappa shape index (κ3) is 2.90. The van der Waals surface area contributed by atoms with E-state index in [-0.39, 0.29) is 0 Å². The van der Waals surface area contributed by atoms with Gasteiger partial charge in [-0.3, -0.25) is 0 Å². The number of hydrogen-bond acceptors (Lipinski definition) is 2. The normalized spacial score (nSPS) is 10.3. The Morgan fingerprint density at radius 3 is 2.21 bits per heavy atom. The summed E-state index contributed by atoms with van der Waals surface area (Å²) in [6.45, 7) is 9.26. The summed E-state index contributed by atoms with van der Waals surface area (Å²) in [5, 5.41) is 0. The Hall–Kier alpha value is -1.96. The second kappa shape index (κ2) is 6.28. The van der Waals surface area contributed by atoms with Gasteiger partial charge in [-0.2, -0.15) is 0 Å². The van der Waals surface area contributed by atoms with Crippen LogP contribution in [-0.2, 0) is 0 Å². The quantitative estimate of drug-likeness (QED) is 0.791. The molecule has 0 aromatic heterocycles. The molecule has 0 saturated heterocycles. The summed E-state index contributed by atoms with van der Waals surface area (Å²) in [6.07, 6.45) is 0. The van der Waals surface area contributed by atoms with Crippen molar-refractivity contribution in [2.75, 3.05) is 13.2 Å². The molecule has 99 valence electrons. The number of rotatable bonds is 5. The lowest BCUT2D eigenvalue weighted by atomic mass is 10.0. The van der Waals surface area contributed by atoms with Crippen molar-refractivity contribution in [3.05, 3.63) is 55.0 Å². The molecule has 0 aliphatic rings. The largest absolute Gasteiger partial charge is 0.493 e. The molecule has 0 amide bonds. The van der Waals surface area contributed by atoms with E-state index in [4.69, 9.17) is 9.47 Å². The van der Waals surface area contributed by atoms with Gasteiger partial charge in [-0.25, -0.2) is 0 Å². The molecule has 0 N–H and O–H groups in total. The van der Waals surface area contributed by atoms with Crippen molar-refractivity contribution in [2.45, 2.75) is 13.8 Å². The highest BCUT2D eigenvalue weighted by Gasteiger charge is 2.13. The third-order valence-corrected chi connectivity index (χ3v) is 2.89. The molecule has 1 radical (unpaired) electrons. The monoisotopic (exact) mass is 255 g/mol. The summed E-state index contributed by atoms with van der Waals surface area (Å²) in [6, 6.07) is 14.2. The van der Waals surface area contributed by atoms with Crippen molar-refractivity contribution in [1.82, 2.24) is 0 Å². The van der Waals surface area contributed by atoms with Crippen molar-refractivity contribution >= 4 is 0 Å². The maximum atomic E-state index is 5.77. The molecule has 0 spiro atoms. The molecule has 0 heterocycles. The second-order valence-corrected chi connectivity index (χ2v) is 4.15. The highest BCUT2D eigenvalue weighted by molar-refractivity contribution is 5.74. The summed E-state index contributed by atoms with van der Waals surface area (Å²) in [4.78, 5) is 0. The highest BCUT2D eigenvalue weighted by Crippen LogP contribution is 2.37. The molecular weight excluding hydrogens is 236 g/mol. The summed E-state index contributed by atoms with van der Waals surface area (Å²) >= 11 is 0. The zero-order chi connectivity index (χ0) is 13.7. The summed E-state index contributed by atoms with van der Waals surface area (Å²) in [7, 11) is 0. The first kappa shape index (κ1) is 13.5. The van der Waals surface area contributed by atoms with E-state index in [0.29, 0.717) is 13.2 Å². The van der Waals surface area contributed by atoms with E-state index in [1.54, 1.807) is 0 Å². The molecule has 19 heavy (non-hydrogen) atoms. The molecule has 0 atom stereocenters. The van der Waals surface area contributed by atoms with Crippen molar-refractivity contribution < 1.29 is 9.47 Å². The lowest BCUT2D eigenvalue weighted by Crippen LogP contribution is -2.00. The van der Waals surface area contributed by atoms with E-state index in [1.165, 1.54) is 0 Å². The predicted molar refractivity (Wildman–Crippen MR) is 78.7 cm³/mol. The number of ether oxygens (including phenoxy) is 2. The smallest absolute Gasteiger partial charge is 0.133 e. The van der Waals surface area contributed by atoms with Gasteiger partial charge in [0.05, 0.1) is 13.2 Å². The fourth-order valence-electron chi connectivity index (χ4n) is 2.05. The maximum absolute atomic E-state index is 5.77. The first-order chi connectivity index (χ1) is 9.27. The molecular formula is C17H19O2. The molecule has 2 aromatic carbocycles. The van der Waals surface area contributed by atoms with Crippen molar-refractivity contribution in [1.29, 1.82) is 0 Å². The van der Waals surface area contributed by atoms with Gasteiger partial charge in [0, 0.05) is 11.1 Å². The van der Waals surface area contributed by atoms with Crippen LogP contribution in [0.3, 0.4) is 0 Å². The first-order valence-electron chi connectivity index (χ1n) is 6.57. The van der Waals surface area contributed by atoms with Crippen molar-refractivity contribution in [3.63, 3.8) is 0 Å². The standard InChI is InChI=1S/C17H19O2/c1-4-18-16-12-11-15(14-9-7-6-8-10-14)17(13(16)3)19-5-2/h6-12H,3-5H2,1-2H3. The minimum atomic E-state index is 0.609. The average Bonchev–Trinajstić information content (AvgIpc) is 2.45. The van der Waals surface area contributed by atoms with E-state index >= 15 is 0 Å². The first-order valence-corrected chi connectivity index (χ1v) is 6.57. The number of benzene rings is 2. The minimum absolute atomic E-state index is 0.609. The van der Waals surface area contributed by atoms with Crippen LogP contribution in [0.1, 0.15) is 19.4 Å². The second-order valence-electron chi connectivity index (χ2n) is 4.15. The SMILES string of the molecule is [CH2]c1c(OCC)ccc(-c2ccccc2)c1OCC. The fourth-order valence-corrected chi connectivity index (χ4v) is 2.05. The molecule has 0 unspecified atom stereocenters. The Bertz CT molecular complexity index is 532. The van der Waals surface area contributed by atoms with Gasteiger partial charge in [-0.1, -0.05) is 30.3 Å². The van der Waals surface area contributed by atoms with Crippen LogP contribution in [-0.4, -0.2) is 13.2 Å². The van der Waals surface area contributed by atoms with E-state index in [9.17, 15) is 0 Å².